The van der Waals surface area contributed by atoms with Crippen LogP contribution in [-0.4, -0.2) is 36.2 Å². The molecule has 0 aromatic heterocycles. The first kappa shape index (κ1) is 15.1. The van der Waals surface area contributed by atoms with Crippen molar-refractivity contribution in [3.63, 3.8) is 0 Å². The van der Waals surface area contributed by atoms with E-state index in [2.05, 4.69) is 10.1 Å². The van der Waals surface area contributed by atoms with E-state index in [1.54, 1.807) is 20.9 Å². The molecule has 5 heteroatoms. The second-order valence-corrected chi connectivity index (χ2v) is 4.44. The van der Waals surface area contributed by atoms with Gasteiger partial charge in [0.2, 0.25) is 0 Å². The van der Waals surface area contributed by atoms with Crippen molar-refractivity contribution in [1.29, 1.82) is 0 Å². The lowest BCUT2D eigenvalue weighted by molar-refractivity contribution is -0.169. The van der Waals surface area contributed by atoms with Gasteiger partial charge in [-0.15, -0.1) is 0 Å². The lowest BCUT2D eigenvalue weighted by Gasteiger charge is -2.19. The number of ether oxygens (including phenoxy) is 1. The number of carbonyl (C=O) groups excluding carboxylic acids is 2. The van der Waals surface area contributed by atoms with Crippen LogP contribution in [0.15, 0.2) is 0 Å². The molecule has 2 atom stereocenters. The summed E-state index contributed by atoms with van der Waals surface area (Å²) in [6.07, 6.45) is -1.26. The normalized spacial score (nSPS) is 15.0. The number of esters is 2. The summed E-state index contributed by atoms with van der Waals surface area (Å²) in [4.78, 5) is 22.9. The van der Waals surface area contributed by atoms with Crippen molar-refractivity contribution < 1.29 is 19.4 Å². The number of rotatable bonds is 5. The molecule has 1 unspecified atom stereocenters. The van der Waals surface area contributed by atoms with Gasteiger partial charge in [-0.1, -0.05) is 27.7 Å². The highest BCUT2D eigenvalue weighted by molar-refractivity contribution is 5.90. The third kappa shape index (κ3) is 4.28. The van der Waals surface area contributed by atoms with E-state index < -0.39 is 24.1 Å². The number of hydrogen-bond acceptors (Lipinski definition) is 5. The van der Waals surface area contributed by atoms with Gasteiger partial charge in [-0.05, 0) is 18.9 Å². The maximum Gasteiger partial charge on any atom is 0.342 e. The van der Waals surface area contributed by atoms with Crippen LogP contribution in [-0.2, 0) is 14.3 Å². The summed E-state index contributed by atoms with van der Waals surface area (Å²) in [5.74, 6) is -1.79. The Kier molecular flexibility index (Phi) is 6.21. The van der Waals surface area contributed by atoms with Gasteiger partial charge in [0.25, 0.3) is 0 Å². The third-order valence-corrected chi connectivity index (χ3v) is 2.31. The summed E-state index contributed by atoms with van der Waals surface area (Å²) in [5, 5.41) is 12.2. The van der Waals surface area contributed by atoms with Gasteiger partial charge >= 0.3 is 11.9 Å². The van der Waals surface area contributed by atoms with Crippen molar-refractivity contribution in [3.8, 4) is 0 Å². The molecule has 0 heterocycles. The molecule has 0 saturated carbocycles. The maximum atomic E-state index is 11.5. The molecule has 0 bridgehead atoms. The van der Waals surface area contributed by atoms with Crippen LogP contribution in [0.25, 0.3) is 0 Å². The SMILES string of the molecule is CN[C@H](C(=O)OC(=O)C(O)C(C)C)C(C)C. The Bertz CT molecular complexity index is 250. The van der Waals surface area contributed by atoms with E-state index >= 15 is 0 Å². The zero-order valence-corrected chi connectivity index (χ0v) is 10.5. The van der Waals surface area contributed by atoms with Crippen molar-refractivity contribution >= 4 is 11.9 Å². The van der Waals surface area contributed by atoms with Crippen molar-refractivity contribution in [1.82, 2.24) is 5.32 Å². The number of hydrogen-bond donors (Lipinski definition) is 2. The minimum absolute atomic E-state index is 0.0153. The molecule has 0 amide bonds. The molecule has 0 fully saturated rings. The predicted molar refractivity (Wildman–Crippen MR) is 59.6 cm³/mol. The van der Waals surface area contributed by atoms with Gasteiger partial charge in [-0.25, -0.2) is 9.59 Å². The first-order chi connectivity index (χ1) is 7.31. The fourth-order valence-corrected chi connectivity index (χ4v) is 1.22. The van der Waals surface area contributed by atoms with E-state index in [4.69, 9.17) is 0 Å². The number of likely N-dealkylation sites (N-methyl/N-ethyl adjacent to an activating group) is 1. The summed E-state index contributed by atoms with van der Waals surface area (Å²) in [6.45, 7) is 7.03. The minimum atomic E-state index is -1.26. The van der Waals surface area contributed by atoms with Crippen LogP contribution in [0.3, 0.4) is 0 Å². The van der Waals surface area contributed by atoms with Gasteiger partial charge in [0, 0.05) is 0 Å². The average molecular weight is 231 g/mol. The van der Waals surface area contributed by atoms with Gasteiger partial charge in [0.15, 0.2) is 6.10 Å². The zero-order chi connectivity index (χ0) is 12.9. The largest absolute Gasteiger partial charge is 0.390 e. The van der Waals surface area contributed by atoms with Crippen LogP contribution < -0.4 is 5.32 Å². The highest BCUT2D eigenvalue weighted by atomic mass is 16.6. The Balaban J connectivity index is 4.39. The van der Waals surface area contributed by atoms with Crippen LogP contribution in [0.2, 0.25) is 0 Å². The predicted octanol–water partition coefficient (Wildman–Crippen LogP) is 0.317. The van der Waals surface area contributed by atoms with Crippen LogP contribution in [0.5, 0.6) is 0 Å². The van der Waals surface area contributed by atoms with E-state index in [1.165, 1.54) is 0 Å². The fraction of sp³-hybridized carbons (Fsp3) is 0.818. The van der Waals surface area contributed by atoms with E-state index in [0.29, 0.717) is 0 Å². The number of nitrogens with one attached hydrogen (secondary N) is 1. The van der Waals surface area contributed by atoms with E-state index in [-0.39, 0.29) is 11.8 Å². The van der Waals surface area contributed by atoms with Crippen LogP contribution in [0.4, 0.5) is 0 Å². The van der Waals surface area contributed by atoms with E-state index in [9.17, 15) is 14.7 Å². The van der Waals surface area contributed by atoms with Crippen molar-refractivity contribution in [3.05, 3.63) is 0 Å². The van der Waals surface area contributed by atoms with Crippen molar-refractivity contribution in [2.45, 2.75) is 39.8 Å². The molecule has 0 aromatic rings. The fourth-order valence-electron chi connectivity index (χ4n) is 1.22. The second kappa shape index (κ2) is 6.60. The highest BCUT2D eigenvalue weighted by Gasteiger charge is 2.28. The first-order valence-corrected chi connectivity index (χ1v) is 5.42. The summed E-state index contributed by atoms with van der Waals surface area (Å²) in [7, 11) is 1.62. The maximum absolute atomic E-state index is 11.5. The van der Waals surface area contributed by atoms with Gasteiger partial charge < -0.3 is 15.2 Å². The highest BCUT2D eigenvalue weighted by Crippen LogP contribution is 2.07. The summed E-state index contributed by atoms with van der Waals surface area (Å²) in [6, 6.07) is -0.539. The Morgan fingerprint density at radius 1 is 1.06 bits per heavy atom. The molecular formula is C11H21NO4. The molecule has 0 aromatic carbocycles. The molecule has 0 aliphatic rings. The summed E-state index contributed by atoms with van der Waals surface area (Å²) in [5.41, 5.74) is 0. The van der Waals surface area contributed by atoms with Gasteiger partial charge in [-0.2, -0.15) is 0 Å². The molecule has 16 heavy (non-hydrogen) atoms. The van der Waals surface area contributed by atoms with Gasteiger partial charge in [-0.3, -0.25) is 0 Å². The quantitative estimate of drug-likeness (QED) is 0.526. The summed E-state index contributed by atoms with van der Waals surface area (Å²) < 4.78 is 4.60. The zero-order valence-electron chi connectivity index (χ0n) is 10.5. The molecule has 5 nitrogen and oxygen atoms in total. The standard InChI is InChI=1S/C11H21NO4/c1-6(2)8(12-5)10(14)16-11(15)9(13)7(3)4/h6-9,12-13H,1-5H3/t8-,9?/m0/s1. The molecule has 0 aliphatic carbocycles. The van der Waals surface area contributed by atoms with Crippen LogP contribution in [0, 0.1) is 11.8 Å². The Hall–Kier alpha value is -0.940. The minimum Gasteiger partial charge on any atom is -0.390 e. The van der Waals surface area contributed by atoms with Crippen molar-refractivity contribution in [2.24, 2.45) is 11.8 Å². The number of aliphatic hydroxyl groups is 1. The lowest BCUT2D eigenvalue weighted by Crippen LogP contribution is -2.42. The first-order valence-electron chi connectivity index (χ1n) is 5.42. The van der Waals surface area contributed by atoms with Crippen LogP contribution >= 0.6 is 0 Å². The topological polar surface area (TPSA) is 75.6 Å². The van der Waals surface area contributed by atoms with E-state index in [0.717, 1.165) is 0 Å². The molecule has 0 spiro atoms. The molecular weight excluding hydrogens is 210 g/mol. The molecule has 0 radical (unpaired) electrons. The average Bonchev–Trinajstić information content (AvgIpc) is 2.16. The van der Waals surface area contributed by atoms with Crippen molar-refractivity contribution in [2.75, 3.05) is 7.05 Å². The third-order valence-electron chi connectivity index (χ3n) is 2.31. The molecule has 0 aliphatic heterocycles. The Morgan fingerprint density at radius 2 is 1.56 bits per heavy atom. The van der Waals surface area contributed by atoms with Crippen LogP contribution in [0.1, 0.15) is 27.7 Å². The summed E-state index contributed by atoms with van der Waals surface area (Å²) >= 11 is 0. The second-order valence-electron chi connectivity index (χ2n) is 4.44. The Labute approximate surface area is 96.2 Å². The van der Waals surface area contributed by atoms with Gasteiger partial charge in [0.1, 0.15) is 6.04 Å². The van der Waals surface area contributed by atoms with E-state index in [1.807, 2.05) is 13.8 Å². The van der Waals surface area contributed by atoms with Gasteiger partial charge in [0.05, 0.1) is 0 Å². The molecule has 0 rings (SSSR count). The lowest BCUT2D eigenvalue weighted by atomic mass is 10.0. The molecule has 94 valence electrons. The molecule has 0 saturated heterocycles. The Morgan fingerprint density at radius 3 is 1.88 bits per heavy atom. The number of aliphatic hydroxyl groups excluding tert-OH is 1. The molecule has 2 N–H and O–H groups in total. The monoisotopic (exact) mass is 231 g/mol. The smallest absolute Gasteiger partial charge is 0.342 e. The number of carbonyl (C=O) groups is 2.